The maximum absolute atomic E-state index is 13.2. The van der Waals surface area contributed by atoms with Crippen LogP contribution in [0.3, 0.4) is 0 Å². The Balaban J connectivity index is 3.30. The van der Waals surface area contributed by atoms with Gasteiger partial charge in [0.05, 0.1) is 11.4 Å². The standard InChI is InChI=1S/C9H10BrF2NO2S/c1-16(14,15)8-3-2-6(4-7(8)10)9(11,12)5-13/h2-4H,5,13H2,1H3. The largest absolute Gasteiger partial charge is 0.325 e. The molecule has 0 aliphatic heterocycles. The number of benzene rings is 1. The van der Waals surface area contributed by atoms with Crippen LogP contribution < -0.4 is 5.73 Å². The van der Waals surface area contributed by atoms with Crippen molar-refractivity contribution in [2.75, 3.05) is 12.8 Å². The smallest absolute Gasteiger partial charge is 0.285 e. The first-order chi connectivity index (χ1) is 7.18. The lowest BCUT2D eigenvalue weighted by Crippen LogP contribution is -2.25. The number of nitrogens with two attached hydrogens (primary N) is 1. The van der Waals surface area contributed by atoms with Crippen molar-refractivity contribution in [1.29, 1.82) is 0 Å². The lowest BCUT2D eigenvalue weighted by molar-refractivity contribution is 0.00583. The number of hydrogen-bond donors (Lipinski definition) is 1. The van der Waals surface area contributed by atoms with Gasteiger partial charge in [-0.2, -0.15) is 8.78 Å². The predicted octanol–water partition coefficient (Wildman–Crippen LogP) is 1.90. The summed E-state index contributed by atoms with van der Waals surface area (Å²) in [6.45, 7) is -0.822. The van der Waals surface area contributed by atoms with Crippen molar-refractivity contribution in [3.63, 3.8) is 0 Å². The quantitative estimate of drug-likeness (QED) is 0.927. The lowest BCUT2D eigenvalue weighted by Gasteiger charge is -2.15. The molecule has 1 aromatic rings. The SMILES string of the molecule is CS(=O)(=O)c1ccc(C(F)(F)CN)cc1Br. The molecule has 2 N–H and O–H groups in total. The van der Waals surface area contributed by atoms with Crippen molar-refractivity contribution in [2.24, 2.45) is 5.73 Å². The van der Waals surface area contributed by atoms with Crippen LogP contribution in [0.15, 0.2) is 27.6 Å². The number of halogens is 3. The lowest BCUT2D eigenvalue weighted by atomic mass is 10.1. The fourth-order valence-corrected chi connectivity index (χ4v) is 3.14. The summed E-state index contributed by atoms with van der Waals surface area (Å²) in [5.74, 6) is -3.15. The highest BCUT2D eigenvalue weighted by Crippen LogP contribution is 2.31. The fourth-order valence-electron chi connectivity index (χ4n) is 1.15. The molecule has 0 fully saturated rings. The van der Waals surface area contributed by atoms with Gasteiger partial charge in [-0.15, -0.1) is 0 Å². The molecular formula is C9H10BrF2NO2S. The van der Waals surface area contributed by atoms with Crippen molar-refractivity contribution in [2.45, 2.75) is 10.8 Å². The zero-order valence-corrected chi connectivity index (χ0v) is 10.8. The highest BCUT2D eigenvalue weighted by atomic mass is 79.9. The summed E-state index contributed by atoms with van der Waals surface area (Å²) in [7, 11) is -3.43. The maximum Gasteiger partial charge on any atom is 0.285 e. The first-order valence-corrected chi connectivity index (χ1v) is 6.95. The van der Waals surface area contributed by atoms with Gasteiger partial charge in [0.2, 0.25) is 0 Å². The molecule has 0 radical (unpaired) electrons. The molecule has 1 aromatic carbocycles. The van der Waals surface area contributed by atoms with E-state index in [9.17, 15) is 17.2 Å². The third-order valence-corrected chi connectivity index (χ3v) is 4.08. The Bertz CT molecular complexity index is 502. The molecule has 0 atom stereocenters. The average Bonchev–Trinajstić information content (AvgIpc) is 2.15. The number of rotatable bonds is 3. The Hall–Kier alpha value is -0.530. The van der Waals surface area contributed by atoms with Gasteiger partial charge in [-0.3, -0.25) is 0 Å². The van der Waals surface area contributed by atoms with E-state index in [1.165, 1.54) is 0 Å². The third kappa shape index (κ3) is 2.78. The summed E-state index contributed by atoms with van der Waals surface area (Å²) < 4.78 is 49.0. The molecule has 90 valence electrons. The second-order valence-electron chi connectivity index (χ2n) is 3.33. The van der Waals surface area contributed by atoms with Crippen LogP contribution in [0.5, 0.6) is 0 Å². The van der Waals surface area contributed by atoms with E-state index < -0.39 is 22.3 Å². The van der Waals surface area contributed by atoms with Crippen molar-refractivity contribution < 1.29 is 17.2 Å². The van der Waals surface area contributed by atoms with Crippen LogP contribution in [-0.4, -0.2) is 21.2 Å². The van der Waals surface area contributed by atoms with Crippen LogP contribution >= 0.6 is 15.9 Å². The van der Waals surface area contributed by atoms with E-state index in [0.29, 0.717) is 0 Å². The molecule has 0 amide bonds. The normalized spacial score (nSPS) is 12.8. The molecule has 0 aromatic heterocycles. The molecule has 0 aliphatic carbocycles. The van der Waals surface area contributed by atoms with E-state index in [1.54, 1.807) is 0 Å². The summed E-state index contributed by atoms with van der Waals surface area (Å²) in [5.41, 5.74) is 4.62. The highest BCUT2D eigenvalue weighted by molar-refractivity contribution is 9.10. The molecule has 3 nitrogen and oxygen atoms in total. The summed E-state index contributed by atoms with van der Waals surface area (Å²) >= 11 is 2.95. The van der Waals surface area contributed by atoms with Gasteiger partial charge in [-0.25, -0.2) is 8.42 Å². The number of hydrogen-bond acceptors (Lipinski definition) is 3. The van der Waals surface area contributed by atoms with Crippen LogP contribution in [0, 0.1) is 0 Å². The molecule has 16 heavy (non-hydrogen) atoms. The van der Waals surface area contributed by atoms with Gasteiger partial charge in [0.15, 0.2) is 9.84 Å². The zero-order chi connectivity index (χ0) is 12.6. The highest BCUT2D eigenvalue weighted by Gasteiger charge is 2.30. The molecule has 0 spiro atoms. The molecule has 0 unspecified atom stereocenters. The molecule has 1 rings (SSSR count). The Kier molecular flexibility index (Phi) is 3.71. The topological polar surface area (TPSA) is 60.2 Å². The minimum Gasteiger partial charge on any atom is -0.325 e. The van der Waals surface area contributed by atoms with Crippen LogP contribution in [0.2, 0.25) is 0 Å². The maximum atomic E-state index is 13.2. The monoisotopic (exact) mass is 313 g/mol. The summed E-state index contributed by atoms with van der Waals surface area (Å²) in [6.07, 6.45) is 1.01. The van der Waals surface area contributed by atoms with Gasteiger partial charge in [0.25, 0.3) is 5.92 Å². The van der Waals surface area contributed by atoms with Crippen molar-refractivity contribution >= 4 is 25.8 Å². The van der Waals surface area contributed by atoms with E-state index in [4.69, 9.17) is 5.73 Å². The van der Waals surface area contributed by atoms with Crippen molar-refractivity contribution in [1.82, 2.24) is 0 Å². The van der Waals surface area contributed by atoms with Gasteiger partial charge in [0.1, 0.15) is 0 Å². The van der Waals surface area contributed by atoms with E-state index in [-0.39, 0.29) is 14.9 Å². The van der Waals surface area contributed by atoms with Crippen LogP contribution in [0.25, 0.3) is 0 Å². The summed E-state index contributed by atoms with van der Waals surface area (Å²) in [4.78, 5) is -0.0240. The minimum absolute atomic E-state index is 0.0240. The van der Waals surface area contributed by atoms with Gasteiger partial charge >= 0.3 is 0 Å². The second-order valence-corrected chi connectivity index (χ2v) is 6.16. The molecule has 0 aliphatic rings. The van der Waals surface area contributed by atoms with E-state index >= 15 is 0 Å². The van der Waals surface area contributed by atoms with Gasteiger partial charge in [0, 0.05) is 16.3 Å². The molecule has 0 saturated heterocycles. The minimum atomic E-state index is -3.43. The third-order valence-electron chi connectivity index (χ3n) is 2.01. The number of sulfone groups is 1. The van der Waals surface area contributed by atoms with Crippen molar-refractivity contribution in [3.8, 4) is 0 Å². The molecule has 0 heterocycles. The molecule has 0 bridgehead atoms. The second kappa shape index (κ2) is 4.38. The Labute approximate surface area is 101 Å². The van der Waals surface area contributed by atoms with Gasteiger partial charge in [-0.1, -0.05) is 6.07 Å². The first-order valence-electron chi connectivity index (χ1n) is 4.26. The molecular weight excluding hydrogens is 304 g/mol. The van der Waals surface area contributed by atoms with E-state index in [2.05, 4.69) is 15.9 Å². The Morgan fingerprint density at radius 3 is 2.38 bits per heavy atom. The number of alkyl halides is 2. The Morgan fingerprint density at radius 1 is 1.44 bits per heavy atom. The molecule has 7 heteroatoms. The van der Waals surface area contributed by atoms with Gasteiger partial charge < -0.3 is 5.73 Å². The summed E-state index contributed by atoms with van der Waals surface area (Å²) in [5, 5.41) is 0. The predicted molar refractivity (Wildman–Crippen MR) is 60.2 cm³/mol. The van der Waals surface area contributed by atoms with Gasteiger partial charge in [-0.05, 0) is 28.1 Å². The average molecular weight is 314 g/mol. The molecule has 0 saturated carbocycles. The van der Waals surface area contributed by atoms with Crippen LogP contribution in [0.1, 0.15) is 5.56 Å². The Morgan fingerprint density at radius 2 is 2.00 bits per heavy atom. The fraction of sp³-hybridized carbons (Fsp3) is 0.333. The van der Waals surface area contributed by atoms with Crippen molar-refractivity contribution in [3.05, 3.63) is 28.2 Å². The summed E-state index contributed by atoms with van der Waals surface area (Å²) in [6, 6.07) is 3.27. The van der Waals surface area contributed by atoms with E-state index in [0.717, 1.165) is 24.5 Å². The van der Waals surface area contributed by atoms with Crippen LogP contribution in [0.4, 0.5) is 8.78 Å². The first kappa shape index (κ1) is 13.5. The van der Waals surface area contributed by atoms with E-state index in [1.807, 2.05) is 0 Å². The zero-order valence-electron chi connectivity index (χ0n) is 8.38. The van der Waals surface area contributed by atoms with Crippen LogP contribution in [-0.2, 0) is 15.8 Å².